The van der Waals surface area contributed by atoms with Crippen molar-refractivity contribution in [1.82, 2.24) is 0 Å². The summed E-state index contributed by atoms with van der Waals surface area (Å²) in [5.74, 6) is 0. The van der Waals surface area contributed by atoms with E-state index in [0.29, 0.717) is 11.4 Å². The quantitative estimate of drug-likeness (QED) is 0.345. The van der Waals surface area contributed by atoms with Crippen LogP contribution in [0.3, 0.4) is 0 Å². The molecule has 1 atom stereocenters. The van der Waals surface area contributed by atoms with Crippen molar-refractivity contribution in [3.63, 3.8) is 0 Å². The van der Waals surface area contributed by atoms with E-state index < -0.39 is 4.92 Å². The number of hydrogen-bond donors (Lipinski definition) is 1. The molecule has 0 aliphatic heterocycles. The molecule has 0 fully saturated rings. The van der Waals surface area contributed by atoms with Gasteiger partial charge in [-0.05, 0) is 49.2 Å². The molecule has 7 nitrogen and oxygen atoms in total. The fourth-order valence-corrected chi connectivity index (χ4v) is 2.91. The Kier molecular flexibility index (Phi) is 7.88. The predicted molar refractivity (Wildman–Crippen MR) is 107 cm³/mol. The molecule has 2 aromatic carbocycles. The Morgan fingerprint density at radius 2 is 1.56 bits per heavy atom. The van der Waals surface area contributed by atoms with Gasteiger partial charge in [-0.15, -0.1) is 0 Å². The van der Waals surface area contributed by atoms with E-state index in [0.717, 1.165) is 31.5 Å². The number of rotatable bonds is 10. The van der Waals surface area contributed by atoms with Crippen LogP contribution < -0.4 is 4.90 Å². The van der Waals surface area contributed by atoms with E-state index in [4.69, 9.17) is 0 Å². The van der Waals surface area contributed by atoms with Crippen molar-refractivity contribution < 1.29 is 10.0 Å². The number of nitrogens with zero attached hydrogens (tertiary/aromatic N) is 4. The molecule has 0 aliphatic carbocycles. The second kappa shape index (κ2) is 10.4. The van der Waals surface area contributed by atoms with E-state index in [2.05, 4.69) is 29.0 Å². The van der Waals surface area contributed by atoms with Gasteiger partial charge in [0, 0.05) is 24.4 Å². The number of non-ortho nitro benzene ring substituents is 1. The summed E-state index contributed by atoms with van der Waals surface area (Å²) in [5, 5.41) is 28.7. The number of nitro groups is 1. The number of anilines is 1. The first-order valence-corrected chi connectivity index (χ1v) is 9.22. The highest BCUT2D eigenvalue weighted by Gasteiger charge is 2.16. The normalized spacial score (nSPS) is 12.3. The van der Waals surface area contributed by atoms with Gasteiger partial charge in [0.1, 0.15) is 0 Å². The average molecular weight is 370 g/mol. The van der Waals surface area contributed by atoms with Crippen LogP contribution in [-0.2, 0) is 0 Å². The number of nitro benzene ring substituents is 1. The summed E-state index contributed by atoms with van der Waals surface area (Å²) in [7, 11) is 0. The largest absolute Gasteiger partial charge is 0.394 e. The maximum absolute atomic E-state index is 10.7. The van der Waals surface area contributed by atoms with Crippen molar-refractivity contribution in [1.29, 1.82) is 0 Å². The molecule has 0 heterocycles. The number of benzene rings is 2. The van der Waals surface area contributed by atoms with E-state index in [1.807, 2.05) is 24.3 Å². The lowest BCUT2D eigenvalue weighted by molar-refractivity contribution is -0.384. The van der Waals surface area contributed by atoms with Gasteiger partial charge in [0.15, 0.2) is 0 Å². The molecule has 144 valence electrons. The van der Waals surface area contributed by atoms with Crippen molar-refractivity contribution in [2.45, 2.75) is 39.2 Å². The number of aliphatic hydroxyl groups is 1. The smallest absolute Gasteiger partial charge is 0.269 e. The topological polar surface area (TPSA) is 91.3 Å². The van der Waals surface area contributed by atoms with Crippen molar-refractivity contribution in [2.75, 3.05) is 18.1 Å². The highest BCUT2D eigenvalue weighted by atomic mass is 16.6. The van der Waals surface area contributed by atoms with Gasteiger partial charge >= 0.3 is 0 Å². The van der Waals surface area contributed by atoms with E-state index in [1.54, 1.807) is 12.1 Å². The standard InChI is InChI=1S/C20H26N4O3/c1-3-5-20(15-25)23(14-4-2)18-10-6-16(7-11-18)21-22-17-8-12-19(13-9-17)24(26)27/h6-13,20,25H,3-5,14-15H2,1-2H3. The van der Waals surface area contributed by atoms with Crippen molar-refractivity contribution in [3.8, 4) is 0 Å². The Morgan fingerprint density at radius 3 is 2.00 bits per heavy atom. The molecule has 1 unspecified atom stereocenters. The Balaban J connectivity index is 2.11. The maximum Gasteiger partial charge on any atom is 0.269 e. The molecule has 2 rings (SSSR count). The van der Waals surface area contributed by atoms with Gasteiger partial charge in [0.2, 0.25) is 0 Å². The third-order valence-corrected chi connectivity index (χ3v) is 4.26. The Morgan fingerprint density at radius 1 is 1.00 bits per heavy atom. The fraction of sp³-hybridized carbons (Fsp3) is 0.400. The van der Waals surface area contributed by atoms with Crippen LogP contribution in [0.4, 0.5) is 22.7 Å². The Bertz CT molecular complexity index is 745. The van der Waals surface area contributed by atoms with Crippen LogP contribution >= 0.6 is 0 Å². The zero-order valence-corrected chi connectivity index (χ0v) is 15.8. The van der Waals surface area contributed by atoms with Crippen LogP contribution in [0.1, 0.15) is 33.1 Å². The summed E-state index contributed by atoms with van der Waals surface area (Å²) < 4.78 is 0. The highest BCUT2D eigenvalue weighted by Crippen LogP contribution is 2.25. The zero-order chi connectivity index (χ0) is 19.6. The molecule has 0 saturated heterocycles. The lowest BCUT2D eigenvalue weighted by Crippen LogP contribution is -2.38. The molecular formula is C20H26N4O3. The zero-order valence-electron chi connectivity index (χ0n) is 15.8. The number of azo groups is 1. The first kappa shape index (κ1) is 20.5. The summed E-state index contributed by atoms with van der Waals surface area (Å²) in [6, 6.07) is 13.8. The Hall–Kier alpha value is -2.80. The van der Waals surface area contributed by atoms with Crippen LogP contribution in [0, 0.1) is 10.1 Å². The first-order valence-electron chi connectivity index (χ1n) is 9.22. The molecule has 0 radical (unpaired) electrons. The molecule has 1 N–H and O–H groups in total. The van der Waals surface area contributed by atoms with Crippen molar-refractivity contribution in [3.05, 3.63) is 58.6 Å². The molecule has 0 saturated carbocycles. The van der Waals surface area contributed by atoms with Gasteiger partial charge in [0.25, 0.3) is 5.69 Å². The van der Waals surface area contributed by atoms with Gasteiger partial charge in [-0.3, -0.25) is 10.1 Å². The molecule has 0 aliphatic rings. The third kappa shape index (κ3) is 5.86. The minimum Gasteiger partial charge on any atom is -0.394 e. The summed E-state index contributed by atoms with van der Waals surface area (Å²) in [6.45, 7) is 5.26. The maximum atomic E-state index is 10.7. The SMILES string of the molecule is CCCC(CO)N(CCC)c1ccc(N=Nc2ccc([N+](=O)[O-])cc2)cc1. The van der Waals surface area contributed by atoms with Gasteiger partial charge in [0.05, 0.1) is 28.9 Å². The molecule has 27 heavy (non-hydrogen) atoms. The minimum absolute atomic E-state index is 0.0276. The van der Waals surface area contributed by atoms with Gasteiger partial charge in [-0.25, -0.2) is 0 Å². The Labute approximate surface area is 159 Å². The van der Waals surface area contributed by atoms with Crippen molar-refractivity contribution >= 4 is 22.7 Å². The van der Waals surface area contributed by atoms with Gasteiger partial charge < -0.3 is 10.0 Å². The van der Waals surface area contributed by atoms with Crippen LogP contribution in [-0.4, -0.2) is 29.2 Å². The van der Waals surface area contributed by atoms with Crippen molar-refractivity contribution in [2.24, 2.45) is 10.2 Å². The fourth-order valence-electron chi connectivity index (χ4n) is 2.91. The van der Waals surface area contributed by atoms with E-state index in [9.17, 15) is 15.2 Å². The summed E-state index contributed by atoms with van der Waals surface area (Å²) in [4.78, 5) is 12.5. The number of hydrogen-bond acceptors (Lipinski definition) is 6. The lowest BCUT2D eigenvalue weighted by Gasteiger charge is -2.32. The highest BCUT2D eigenvalue weighted by molar-refractivity contribution is 5.54. The molecule has 0 aromatic heterocycles. The second-order valence-corrected chi connectivity index (χ2v) is 6.31. The molecule has 0 spiro atoms. The summed E-state index contributed by atoms with van der Waals surface area (Å²) in [5.41, 5.74) is 2.34. The summed E-state index contributed by atoms with van der Waals surface area (Å²) in [6.07, 6.45) is 2.97. The molecule has 2 aromatic rings. The number of aliphatic hydroxyl groups excluding tert-OH is 1. The average Bonchev–Trinajstić information content (AvgIpc) is 2.70. The van der Waals surface area contributed by atoms with E-state index >= 15 is 0 Å². The van der Waals surface area contributed by atoms with E-state index in [1.165, 1.54) is 12.1 Å². The van der Waals surface area contributed by atoms with Crippen LogP contribution in [0.5, 0.6) is 0 Å². The molecule has 0 amide bonds. The van der Waals surface area contributed by atoms with Crippen LogP contribution in [0.25, 0.3) is 0 Å². The third-order valence-electron chi connectivity index (χ3n) is 4.26. The van der Waals surface area contributed by atoms with Crippen LogP contribution in [0.15, 0.2) is 58.8 Å². The van der Waals surface area contributed by atoms with Gasteiger partial charge in [-0.1, -0.05) is 20.3 Å². The van der Waals surface area contributed by atoms with E-state index in [-0.39, 0.29) is 18.3 Å². The molecular weight excluding hydrogens is 344 g/mol. The summed E-state index contributed by atoms with van der Waals surface area (Å²) >= 11 is 0. The van der Waals surface area contributed by atoms with Gasteiger partial charge in [-0.2, -0.15) is 10.2 Å². The van der Waals surface area contributed by atoms with Crippen LogP contribution in [0.2, 0.25) is 0 Å². The predicted octanol–water partition coefficient (Wildman–Crippen LogP) is 5.39. The molecule has 7 heteroatoms. The minimum atomic E-state index is -0.445. The monoisotopic (exact) mass is 370 g/mol. The second-order valence-electron chi connectivity index (χ2n) is 6.31. The molecule has 0 bridgehead atoms. The first-order chi connectivity index (χ1) is 13.1. The lowest BCUT2D eigenvalue weighted by atomic mass is 10.1.